The highest BCUT2D eigenvalue weighted by molar-refractivity contribution is 5.96. The molecule has 1 heterocycles. The molecule has 0 saturated heterocycles. The van der Waals surface area contributed by atoms with Gasteiger partial charge in [-0.1, -0.05) is 44.2 Å². The normalized spacial score (nSPS) is 10.8. The van der Waals surface area contributed by atoms with Gasteiger partial charge in [0.05, 0.1) is 11.8 Å². The van der Waals surface area contributed by atoms with Crippen LogP contribution in [0.1, 0.15) is 35.5 Å². The van der Waals surface area contributed by atoms with Crippen molar-refractivity contribution in [2.45, 2.75) is 33.9 Å². The molecule has 0 aliphatic heterocycles. The van der Waals surface area contributed by atoms with Gasteiger partial charge >= 0.3 is 5.97 Å². The van der Waals surface area contributed by atoms with Crippen LogP contribution in [0.5, 0.6) is 0 Å². The molecule has 2 aromatic rings. The van der Waals surface area contributed by atoms with Crippen LogP contribution >= 0.6 is 0 Å². The lowest BCUT2D eigenvalue weighted by atomic mass is 10.1. The molecular formula is C18H23N3O3. The summed E-state index contributed by atoms with van der Waals surface area (Å²) in [7, 11) is 0. The van der Waals surface area contributed by atoms with Crippen LogP contribution in [-0.4, -0.2) is 38.2 Å². The highest BCUT2D eigenvalue weighted by Gasteiger charge is 2.23. The van der Waals surface area contributed by atoms with E-state index in [0.717, 1.165) is 17.8 Å². The Kier molecular flexibility index (Phi) is 5.73. The minimum Gasteiger partial charge on any atom is -0.480 e. The Hall–Kier alpha value is -2.63. The van der Waals surface area contributed by atoms with Crippen molar-refractivity contribution in [2.75, 3.05) is 6.54 Å². The van der Waals surface area contributed by atoms with Crippen LogP contribution in [0.3, 0.4) is 0 Å². The number of aromatic nitrogens is 2. The zero-order chi connectivity index (χ0) is 17.7. The average molecular weight is 329 g/mol. The highest BCUT2D eigenvalue weighted by Crippen LogP contribution is 2.15. The van der Waals surface area contributed by atoms with E-state index in [-0.39, 0.29) is 19.0 Å². The van der Waals surface area contributed by atoms with E-state index in [0.29, 0.717) is 11.5 Å². The molecule has 1 amide bonds. The Morgan fingerprint density at radius 2 is 1.92 bits per heavy atom. The van der Waals surface area contributed by atoms with E-state index in [2.05, 4.69) is 18.9 Å². The largest absolute Gasteiger partial charge is 0.480 e. The van der Waals surface area contributed by atoms with Gasteiger partial charge in [0.1, 0.15) is 6.54 Å². The molecule has 2 rings (SSSR count). The van der Waals surface area contributed by atoms with Crippen molar-refractivity contribution in [3.63, 3.8) is 0 Å². The summed E-state index contributed by atoms with van der Waals surface area (Å²) < 4.78 is 1.79. The van der Waals surface area contributed by atoms with Gasteiger partial charge in [-0.15, -0.1) is 0 Å². The predicted octanol–water partition coefficient (Wildman–Crippen LogP) is 2.57. The monoisotopic (exact) mass is 329 g/mol. The molecule has 0 unspecified atom stereocenters. The van der Waals surface area contributed by atoms with E-state index in [4.69, 9.17) is 5.11 Å². The fourth-order valence-corrected chi connectivity index (χ4v) is 2.52. The van der Waals surface area contributed by atoms with Crippen molar-refractivity contribution >= 4 is 11.9 Å². The molecule has 0 saturated carbocycles. The lowest BCUT2D eigenvalue weighted by molar-refractivity contribution is -0.137. The van der Waals surface area contributed by atoms with Crippen LogP contribution in [0.25, 0.3) is 0 Å². The number of benzene rings is 1. The third-order valence-electron chi connectivity index (χ3n) is 3.70. The molecule has 128 valence electrons. The van der Waals surface area contributed by atoms with Gasteiger partial charge in [-0.05, 0) is 18.4 Å². The van der Waals surface area contributed by atoms with Crippen molar-refractivity contribution in [3.8, 4) is 0 Å². The SMILES string of the molecule is Cc1c(C(=O)N(CC(=O)O)Cc2ccccc2)cnn1CC(C)C. The number of carbonyl (C=O) groups excluding carboxylic acids is 1. The van der Waals surface area contributed by atoms with E-state index in [1.807, 2.05) is 37.3 Å². The summed E-state index contributed by atoms with van der Waals surface area (Å²) in [4.78, 5) is 25.3. The van der Waals surface area contributed by atoms with Crippen LogP contribution in [0.4, 0.5) is 0 Å². The molecule has 0 fully saturated rings. The lowest BCUT2D eigenvalue weighted by Gasteiger charge is -2.21. The van der Waals surface area contributed by atoms with E-state index in [1.54, 1.807) is 4.68 Å². The molecule has 24 heavy (non-hydrogen) atoms. The third kappa shape index (κ3) is 4.44. The fraction of sp³-hybridized carbons (Fsp3) is 0.389. The van der Waals surface area contributed by atoms with Gasteiger partial charge in [0.15, 0.2) is 0 Å². The number of rotatable bonds is 7. The lowest BCUT2D eigenvalue weighted by Crippen LogP contribution is -2.35. The molecule has 0 aliphatic rings. The molecule has 0 bridgehead atoms. The average Bonchev–Trinajstić information content (AvgIpc) is 2.87. The maximum atomic E-state index is 12.8. The predicted molar refractivity (Wildman–Crippen MR) is 90.6 cm³/mol. The Morgan fingerprint density at radius 3 is 2.50 bits per heavy atom. The quantitative estimate of drug-likeness (QED) is 0.847. The zero-order valence-electron chi connectivity index (χ0n) is 14.3. The van der Waals surface area contributed by atoms with E-state index >= 15 is 0 Å². The maximum absolute atomic E-state index is 12.8. The van der Waals surface area contributed by atoms with Crippen LogP contribution in [-0.2, 0) is 17.9 Å². The molecule has 1 aromatic heterocycles. The first-order chi connectivity index (χ1) is 11.4. The standard InChI is InChI=1S/C18H23N3O3/c1-13(2)10-21-14(3)16(9-19-21)18(24)20(12-17(22)23)11-15-7-5-4-6-8-15/h4-9,13H,10-12H2,1-3H3,(H,22,23). The number of hydrogen-bond acceptors (Lipinski definition) is 3. The number of hydrogen-bond donors (Lipinski definition) is 1. The van der Waals surface area contributed by atoms with Crippen LogP contribution in [0.15, 0.2) is 36.5 Å². The second kappa shape index (κ2) is 7.77. The van der Waals surface area contributed by atoms with E-state index < -0.39 is 5.97 Å². The number of carbonyl (C=O) groups is 2. The number of nitrogens with zero attached hydrogens (tertiary/aromatic N) is 3. The third-order valence-corrected chi connectivity index (χ3v) is 3.70. The van der Waals surface area contributed by atoms with Crippen LogP contribution in [0, 0.1) is 12.8 Å². The molecule has 1 N–H and O–H groups in total. The molecule has 1 aromatic carbocycles. The first-order valence-corrected chi connectivity index (χ1v) is 7.96. The Labute approximate surface area is 141 Å². The summed E-state index contributed by atoms with van der Waals surface area (Å²) in [6, 6.07) is 9.36. The van der Waals surface area contributed by atoms with Crippen molar-refractivity contribution in [1.82, 2.24) is 14.7 Å². The number of carboxylic acids is 1. The van der Waals surface area contributed by atoms with Crippen LogP contribution in [0.2, 0.25) is 0 Å². The Bertz CT molecular complexity index is 708. The van der Waals surface area contributed by atoms with Crippen molar-refractivity contribution in [1.29, 1.82) is 0 Å². The molecule has 0 aliphatic carbocycles. The summed E-state index contributed by atoms with van der Waals surface area (Å²) >= 11 is 0. The van der Waals surface area contributed by atoms with Gasteiger partial charge in [-0.3, -0.25) is 14.3 Å². The van der Waals surface area contributed by atoms with Crippen LogP contribution < -0.4 is 0 Å². The van der Waals surface area contributed by atoms with Crippen molar-refractivity contribution in [2.24, 2.45) is 5.92 Å². The molecule has 0 atom stereocenters. The van der Waals surface area contributed by atoms with Gasteiger partial charge in [0.2, 0.25) is 0 Å². The minimum absolute atomic E-state index is 0.251. The van der Waals surface area contributed by atoms with E-state index in [1.165, 1.54) is 11.1 Å². The molecule has 0 radical (unpaired) electrons. The minimum atomic E-state index is -1.04. The fourth-order valence-electron chi connectivity index (χ4n) is 2.52. The molecule has 6 heteroatoms. The van der Waals surface area contributed by atoms with Gasteiger partial charge in [-0.25, -0.2) is 0 Å². The van der Waals surface area contributed by atoms with Crippen molar-refractivity contribution < 1.29 is 14.7 Å². The topological polar surface area (TPSA) is 75.4 Å². The number of amides is 1. The maximum Gasteiger partial charge on any atom is 0.323 e. The van der Waals surface area contributed by atoms with Gasteiger partial charge in [0, 0.05) is 18.8 Å². The first-order valence-electron chi connectivity index (χ1n) is 7.96. The molecular weight excluding hydrogens is 306 g/mol. The van der Waals surface area contributed by atoms with E-state index in [9.17, 15) is 9.59 Å². The first kappa shape index (κ1) is 17.7. The number of aliphatic carboxylic acids is 1. The summed E-state index contributed by atoms with van der Waals surface area (Å²) in [5.41, 5.74) is 2.10. The van der Waals surface area contributed by atoms with Gasteiger partial charge in [0.25, 0.3) is 5.91 Å². The number of carboxylic acid groups (broad SMARTS) is 1. The summed E-state index contributed by atoms with van der Waals surface area (Å²) in [5, 5.41) is 13.4. The highest BCUT2D eigenvalue weighted by atomic mass is 16.4. The Morgan fingerprint density at radius 1 is 1.25 bits per heavy atom. The Balaban J connectivity index is 2.24. The second-order valence-corrected chi connectivity index (χ2v) is 6.26. The molecule has 6 nitrogen and oxygen atoms in total. The second-order valence-electron chi connectivity index (χ2n) is 6.26. The smallest absolute Gasteiger partial charge is 0.323 e. The summed E-state index contributed by atoms with van der Waals surface area (Å²) in [6.07, 6.45) is 1.53. The van der Waals surface area contributed by atoms with Crippen molar-refractivity contribution in [3.05, 3.63) is 53.3 Å². The zero-order valence-corrected chi connectivity index (χ0v) is 14.3. The summed E-state index contributed by atoms with van der Waals surface area (Å²) in [5.74, 6) is -0.939. The van der Waals surface area contributed by atoms with Gasteiger partial charge in [-0.2, -0.15) is 5.10 Å². The van der Waals surface area contributed by atoms with Gasteiger partial charge < -0.3 is 10.0 Å². The molecule has 0 spiro atoms. The summed E-state index contributed by atoms with van der Waals surface area (Å²) in [6.45, 7) is 6.62.